The van der Waals surface area contributed by atoms with Crippen molar-refractivity contribution in [2.75, 3.05) is 24.3 Å². The smallest absolute Gasteiger partial charge is 0.277 e. The van der Waals surface area contributed by atoms with E-state index in [9.17, 15) is 12.8 Å². The molecule has 9 nitrogen and oxygen atoms in total. The summed E-state index contributed by atoms with van der Waals surface area (Å²) in [6.45, 7) is 5.93. The van der Waals surface area contributed by atoms with Gasteiger partial charge in [0.1, 0.15) is 5.75 Å². The van der Waals surface area contributed by atoms with Gasteiger partial charge in [0.15, 0.2) is 11.6 Å². The van der Waals surface area contributed by atoms with Gasteiger partial charge in [-0.25, -0.2) is 14.1 Å². The average molecular weight is 475 g/mol. The second kappa shape index (κ2) is 10.6. The number of aromatic nitrogens is 2. The quantitative estimate of drug-likeness (QED) is 0.354. The zero-order valence-corrected chi connectivity index (χ0v) is 19.7. The number of hydrogen-bond acceptors (Lipinski definition) is 7. The molecule has 0 aliphatic heterocycles. The van der Waals surface area contributed by atoms with Gasteiger partial charge in [0, 0.05) is 24.5 Å². The molecular formula is C22H27FN6O3S. The summed E-state index contributed by atoms with van der Waals surface area (Å²) in [6.07, 6.45) is 1.08. The molecule has 33 heavy (non-hydrogen) atoms. The fourth-order valence-electron chi connectivity index (χ4n) is 3.30. The largest absolute Gasteiger partial charge is 0.496 e. The van der Waals surface area contributed by atoms with Crippen molar-refractivity contribution in [2.24, 2.45) is 0 Å². The zero-order valence-electron chi connectivity index (χ0n) is 18.9. The van der Waals surface area contributed by atoms with Crippen LogP contribution in [0.15, 0.2) is 42.6 Å². The number of hydrogen-bond donors (Lipinski definition) is 4. The molecule has 0 spiro atoms. The number of methoxy groups -OCH3 is 1. The second-order valence-electron chi connectivity index (χ2n) is 7.31. The molecule has 0 aliphatic rings. The number of anilines is 4. The van der Waals surface area contributed by atoms with Crippen LogP contribution in [0.4, 0.5) is 27.5 Å². The first-order valence-electron chi connectivity index (χ1n) is 10.3. The van der Waals surface area contributed by atoms with Crippen molar-refractivity contribution in [3.63, 3.8) is 0 Å². The standard InChI is InChI=1S/C22H27FN6O3S/c1-5-25-33(30,31)26-12-16-7-6-8-17(11-16)27-21-19(23)13-24-22(29-21)28-18-9-14(2)20(32-4)15(3)10-18/h6-11,13,25-26H,5,12H2,1-4H3,(H2,24,27,28,29). The summed E-state index contributed by atoms with van der Waals surface area (Å²) >= 11 is 0. The highest BCUT2D eigenvalue weighted by Crippen LogP contribution is 2.28. The maximum Gasteiger partial charge on any atom is 0.277 e. The normalized spacial score (nSPS) is 11.3. The molecule has 2 aromatic carbocycles. The van der Waals surface area contributed by atoms with Gasteiger partial charge in [-0.15, -0.1) is 0 Å². The summed E-state index contributed by atoms with van der Waals surface area (Å²) < 4.78 is 48.1. The monoisotopic (exact) mass is 474 g/mol. The minimum atomic E-state index is -3.57. The Hall–Kier alpha value is -3.28. The van der Waals surface area contributed by atoms with Crippen molar-refractivity contribution in [1.29, 1.82) is 0 Å². The summed E-state index contributed by atoms with van der Waals surface area (Å²) in [6, 6.07) is 10.7. The van der Waals surface area contributed by atoms with Crippen LogP contribution in [0.25, 0.3) is 0 Å². The molecule has 0 radical (unpaired) electrons. The van der Waals surface area contributed by atoms with Gasteiger partial charge < -0.3 is 15.4 Å². The van der Waals surface area contributed by atoms with Crippen molar-refractivity contribution >= 4 is 33.4 Å². The van der Waals surface area contributed by atoms with Crippen LogP contribution in [0, 0.1) is 19.7 Å². The highest BCUT2D eigenvalue weighted by atomic mass is 32.2. The minimum absolute atomic E-state index is 0.0140. The van der Waals surface area contributed by atoms with E-state index < -0.39 is 16.0 Å². The SMILES string of the molecule is CCNS(=O)(=O)NCc1cccc(Nc2nc(Nc3cc(C)c(OC)c(C)c3)ncc2F)c1. The number of ether oxygens (including phenoxy) is 1. The Balaban J connectivity index is 1.75. The molecule has 11 heteroatoms. The molecule has 0 bridgehead atoms. The lowest BCUT2D eigenvalue weighted by Crippen LogP contribution is -2.35. The third-order valence-corrected chi connectivity index (χ3v) is 5.85. The summed E-state index contributed by atoms with van der Waals surface area (Å²) in [4.78, 5) is 8.26. The number of aryl methyl sites for hydroxylation is 2. The van der Waals surface area contributed by atoms with Crippen LogP contribution in [-0.2, 0) is 16.8 Å². The highest BCUT2D eigenvalue weighted by molar-refractivity contribution is 7.87. The molecule has 0 saturated carbocycles. The van der Waals surface area contributed by atoms with Crippen LogP contribution in [0.3, 0.4) is 0 Å². The van der Waals surface area contributed by atoms with E-state index in [2.05, 4.69) is 30.0 Å². The molecule has 1 heterocycles. The summed E-state index contributed by atoms with van der Waals surface area (Å²) in [5.74, 6) is 0.383. The third kappa shape index (κ3) is 6.60. The van der Waals surface area contributed by atoms with E-state index >= 15 is 0 Å². The molecule has 4 N–H and O–H groups in total. The van der Waals surface area contributed by atoms with Crippen molar-refractivity contribution in [1.82, 2.24) is 19.4 Å². The number of halogens is 1. The van der Waals surface area contributed by atoms with Crippen LogP contribution in [0.2, 0.25) is 0 Å². The first-order chi connectivity index (χ1) is 15.7. The zero-order chi connectivity index (χ0) is 24.0. The van der Waals surface area contributed by atoms with Gasteiger partial charge in [0.05, 0.1) is 13.3 Å². The Labute approximate surface area is 193 Å². The van der Waals surface area contributed by atoms with Crippen LogP contribution < -0.4 is 24.8 Å². The molecule has 0 aliphatic carbocycles. The third-order valence-electron chi connectivity index (χ3n) is 4.66. The first kappa shape index (κ1) is 24.4. The van der Waals surface area contributed by atoms with E-state index in [0.29, 0.717) is 11.3 Å². The molecule has 0 unspecified atom stereocenters. The van der Waals surface area contributed by atoms with Crippen LogP contribution in [0.1, 0.15) is 23.6 Å². The van der Waals surface area contributed by atoms with E-state index in [1.54, 1.807) is 38.3 Å². The van der Waals surface area contributed by atoms with E-state index in [0.717, 1.165) is 28.8 Å². The predicted octanol–water partition coefficient (Wildman–Crippen LogP) is 3.67. The Morgan fingerprint density at radius 2 is 1.76 bits per heavy atom. The summed E-state index contributed by atoms with van der Waals surface area (Å²) in [7, 11) is -1.95. The Morgan fingerprint density at radius 3 is 2.42 bits per heavy atom. The van der Waals surface area contributed by atoms with Crippen LogP contribution in [0.5, 0.6) is 5.75 Å². The van der Waals surface area contributed by atoms with Gasteiger partial charge >= 0.3 is 0 Å². The van der Waals surface area contributed by atoms with E-state index in [1.807, 2.05) is 26.0 Å². The molecule has 0 atom stereocenters. The van der Waals surface area contributed by atoms with Gasteiger partial charge in [0.2, 0.25) is 5.95 Å². The molecule has 3 aromatic rings. The van der Waals surface area contributed by atoms with Gasteiger partial charge in [-0.2, -0.15) is 18.1 Å². The van der Waals surface area contributed by atoms with Gasteiger partial charge in [-0.05, 0) is 54.8 Å². The number of rotatable bonds is 10. The van der Waals surface area contributed by atoms with E-state index in [-0.39, 0.29) is 24.9 Å². The maximum absolute atomic E-state index is 14.4. The number of nitrogens with zero attached hydrogens (tertiary/aromatic N) is 2. The minimum Gasteiger partial charge on any atom is -0.496 e. The number of benzene rings is 2. The Kier molecular flexibility index (Phi) is 7.79. The van der Waals surface area contributed by atoms with Crippen LogP contribution in [-0.4, -0.2) is 32.0 Å². The fraction of sp³-hybridized carbons (Fsp3) is 0.273. The second-order valence-corrected chi connectivity index (χ2v) is 8.89. The lowest BCUT2D eigenvalue weighted by Gasteiger charge is -2.13. The molecule has 0 fully saturated rings. The molecule has 176 valence electrons. The molecule has 0 amide bonds. The molecule has 0 saturated heterocycles. The van der Waals surface area contributed by atoms with Gasteiger partial charge in [-0.3, -0.25) is 0 Å². The summed E-state index contributed by atoms with van der Waals surface area (Å²) in [5, 5.41) is 6.01. The maximum atomic E-state index is 14.4. The summed E-state index contributed by atoms with van der Waals surface area (Å²) in [5.41, 5.74) is 3.88. The van der Waals surface area contributed by atoms with Gasteiger partial charge in [0.25, 0.3) is 10.2 Å². The van der Waals surface area contributed by atoms with Crippen LogP contribution >= 0.6 is 0 Å². The lowest BCUT2D eigenvalue weighted by molar-refractivity contribution is 0.408. The topological polar surface area (TPSA) is 117 Å². The first-order valence-corrected chi connectivity index (χ1v) is 11.7. The Morgan fingerprint density at radius 1 is 1.03 bits per heavy atom. The number of nitrogens with one attached hydrogen (secondary N) is 4. The highest BCUT2D eigenvalue weighted by Gasteiger charge is 2.11. The van der Waals surface area contributed by atoms with Gasteiger partial charge in [-0.1, -0.05) is 19.1 Å². The average Bonchev–Trinajstić information content (AvgIpc) is 2.75. The molecule has 1 aromatic heterocycles. The lowest BCUT2D eigenvalue weighted by atomic mass is 10.1. The predicted molar refractivity (Wildman–Crippen MR) is 127 cm³/mol. The van der Waals surface area contributed by atoms with Crippen molar-refractivity contribution in [3.8, 4) is 5.75 Å². The molecular weight excluding hydrogens is 447 g/mol. The van der Waals surface area contributed by atoms with Crippen molar-refractivity contribution in [3.05, 3.63) is 65.1 Å². The van der Waals surface area contributed by atoms with E-state index in [1.165, 1.54) is 0 Å². The molecule has 3 rings (SSSR count). The fourth-order valence-corrected chi connectivity index (χ4v) is 4.14. The van der Waals surface area contributed by atoms with Crippen molar-refractivity contribution < 1.29 is 17.5 Å². The van der Waals surface area contributed by atoms with Crippen molar-refractivity contribution in [2.45, 2.75) is 27.3 Å². The van der Waals surface area contributed by atoms with E-state index in [4.69, 9.17) is 4.74 Å². The Bertz CT molecular complexity index is 1210.